The summed E-state index contributed by atoms with van der Waals surface area (Å²) in [6, 6.07) is 8.13. The summed E-state index contributed by atoms with van der Waals surface area (Å²) in [6.45, 7) is 1.80. The molecule has 0 aliphatic heterocycles. The molecule has 0 saturated heterocycles. The van der Waals surface area contributed by atoms with E-state index < -0.39 is 11.2 Å². The van der Waals surface area contributed by atoms with E-state index in [4.69, 9.17) is 0 Å². The number of hydrogen-bond donors (Lipinski definition) is 3. The fraction of sp³-hybridized carbons (Fsp3) is 0.0833. The number of benzene rings is 1. The van der Waals surface area contributed by atoms with Crippen molar-refractivity contribution in [2.75, 3.05) is 5.32 Å². The number of amides is 1. The van der Waals surface area contributed by atoms with Crippen molar-refractivity contribution in [3.8, 4) is 0 Å². The Morgan fingerprint density at radius 3 is 2.56 bits per heavy atom. The number of H-pyrrole nitrogens is 2. The summed E-state index contributed by atoms with van der Waals surface area (Å²) in [7, 11) is 0. The summed E-state index contributed by atoms with van der Waals surface area (Å²) in [4.78, 5) is 38.4. The molecule has 1 heterocycles. The van der Waals surface area contributed by atoms with E-state index in [9.17, 15) is 14.4 Å². The largest absolute Gasteiger partial charge is 0.327 e. The Balaban J connectivity index is 2.30. The van der Waals surface area contributed by atoms with Crippen molar-refractivity contribution in [2.24, 2.45) is 0 Å². The number of hydrogen-bond acceptors (Lipinski definition) is 3. The zero-order chi connectivity index (χ0) is 13.1. The molecule has 0 saturated carbocycles. The lowest BCUT2D eigenvalue weighted by atomic mass is 10.1. The fourth-order valence-electron chi connectivity index (χ4n) is 1.55. The second kappa shape index (κ2) is 4.70. The van der Waals surface area contributed by atoms with Crippen LogP contribution in [0.1, 0.15) is 15.9 Å². The molecule has 6 heteroatoms. The van der Waals surface area contributed by atoms with Crippen LogP contribution < -0.4 is 16.6 Å². The molecule has 0 unspecified atom stereocenters. The molecule has 2 aromatic rings. The molecule has 92 valence electrons. The molecule has 0 spiro atoms. The molecule has 2 rings (SSSR count). The smallest absolute Gasteiger partial charge is 0.308 e. The lowest BCUT2D eigenvalue weighted by molar-refractivity contribution is 0.102. The molecular weight excluding hydrogens is 234 g/mol. The molecule has 1 aromatic carbocycles. The third-order valence-electron chi connectivity index (χ3n) is 2.40. The standard InChI is InChI=1S/C12H11N3O3/c1-7-4-2-3-5-8(7)11(17)13-9-6-10(16)15-12(18)14-9/h2-6H,1H3,(H3,13,14,15,16,17,18). The minimum Gasteiger partial charge on any atom is -0.308 e. The van der Waals surface area contributed by atoms with E-state index in [1.165, 1.54) is 0 Å². The first-order valence-electron chi connectivity index (χ1n) is 5.27. The van der Waals surface area contributed by atoms with Gasteiger partial charge in [-0.3, -0.25) is 19.6 Å². The van der Waals surface area contributed by atoms with Gasteiger partial charge in [0.2, 0.25) is 0 Å². The predicted molar refractivity (Wildman–Crippen MR) is 66.8 cm³/mol. The van der Waals surface area contributed by atoms with Gasteiger partial charge >= 0.3 is 5.69 Å². The predicted octanol–water partition coefficient (Wildman–Crippen LogP) is 0.624. The van der Waals surface area contributed by atoms with Gasteiger partial charge in [0.05, 0.1) is 0 Å². The number of anilines is 1. The van der Waals surface area contributed by atoms with E-state index in [1.54, 1.807) is 25.1 Å². The van der Waals surface area contributed by atoms with Crippen LogP contribution in [0, 0.1) is 6.92 Å². The van der Waals surface area contributed by atoms with E-state index in [2.05, 4.69) is 10.3 Å². The van der Waals surface area contributed by atoms with Crippen molar-refractivity contribution in [3.63, 3.8) is 0 Å². The van der Waals surface area contributed by atoms with Crippen molar-refractivity contribution in [1.29, 1.82) is 0 Å². The molecular formula is C12H11N3O3. The van der Waals surface area contributed by atoms with Gasteiger partial charge in [0.1, 0.15) is 5.82 Å². The van der Waals surface area contributed by atoms with E-state index in [0.717, 1.165) is 11.6 Å². The van der Waals surface area contributed by atoms with E-state index >= 15 is 0 Å². The van der Waals surface area contributed by atoms with Crippen molar-refractivity contribution in [1.82, 2.24) is 9.97 Å². The van der Waals surface area contributed by atoms with Gasteiger partial charge in [-0.05, 0) is 18.6 Å². The first kappa shape index (κ1) is 11.8. The number of carbonyl (C=O) groups excluding carboxylic acids is 1. The van der Waals surface area contributed by atoms with Gasteiger partial charge < -0.3 is 5.32 Å². The van der Waals surface area contributed by atoms with Crippen molar-refractivity contribution >= 4 is 11.7 Å². The Labute approximate surface area is 102 Å². The van der Waals surface area contributed by atoms with Gasteiger partial charge in [-0.1, -0.05) is 18.2 Å². The third-order valence-corrected chi connectivity index (χ3v) is 2.40. The number of rotatable bonds is 2. The maximum absolute atomic E-state index is 11.9. The number of nitrogens with one attached hydrogen (secondary N) is 3. The Morgan fingerprint density at radius 1 is 1.17 bits per heavy atom. The highest BCUT2D eigenvalue weighted by atomic mass is 16.2. The van der Waals surface area contributed by atoms with Crippen LogP contribution in [0.25, 0.3) is 0 Å². The van der Waals surface area contributed by atoms with E-state index in [-0.39, 0.29) is 11.7 Å². The van der Waals surface area contributed by atoms with E-state index in [1.807, 2.05) is 11.1 Å². The van der Waals surface area contributed by atoms with Crippen LogP contribution in [0.4, 0.5) is 5.82 Å². The second-order valence-electron chi connectivity index (χ2n) is 3.77. The Hall–Kier alpha value is -2.63. The summed E-state index contributed by atoms with van der Waals surface area (Å²) in [6.07, 6.45) is 0. The summed E-state index contributed by atoms with van der Waals surface area (Å²) in [5.41, 5.74) is 0.0576. The fourth-order valence-corrected chi connectivity index (χ4v) is 1.55. The van der Waals surface area contributed by atoms with Crippen LogP contribution >= 0.6 is 0 Å². The Morgan fingerprint density at radius 2 is 1.89 bits per heavy atom. The molecule has 0 aliphatic rings. The van der Waals surface area contributed by atoms with Crippen LogP contribution in [-0.4, -0.2) is 15.9 Å². The Kier molecular flexibility index (Phi) is 3.09. The Bertz CT molecular complexity index is 672. The molecule has 0 atom stereocenters. The summed E-state index contributed by atoms with van der Waals surface area (Å²) >= 11 is 0. The number of aromatic amines is 2. The minimum atomic E-state index is -0.664. The minimum absolute atomic E-state index is 0.0667. The zero-order valence-electron chi connectivity index (χ0n) is 9.61. The van der Waals surface area contributed by atoms with Crippen LogP contribution in [-0.2, 0) is 0 Å². The molecule has 0 radical (unpaired) electrons. The van der Waals surface area contributed by atoms with E-state index in [0.29, 0.717) is 5.56 Å². The highest BCUT2D eigenvalue weighted by Gasteiger charge is 2.09. The zero-order valence-corrected chi connectivity index (χ0v) is 9.61. The van der Waals surface area contributed by atoms with Gasteiger partial charge in [-0.25, -0.2) is 4.79 Å². The molecule has 1 aromatic heterocycles. The van der Waals surface area contributed by atoms with Gasteiger partial charge in [-0.15, -0.1) is 0 Å². The van der Waals surface area contributed by atoms with Crippen molar-refractivity contribution < 1.29 is 4.79 Å². The van der Waals surface area contributed by atoms with Crippen LogP contribution in [0.3, 0.4) is 0 Å². The van der Waals surface area contributed by atoms with Crippen molar-refractivity contribution in [2.45, 2.75) is 6.92 Å². The van der Waals surface area contributed by atoms with Gasteiger partial charge in [-0.2, -0.15) is 0 Å². The topological polar surface area (TPSA) is 94.8 Å². The monoisotopic (exact) mass is 245 g/mol. The highest BCUT2D eigenvalue weighted by molar-refractivity contribution is 6.04. The van der Waals surface area contributed by atoms with Gasteiger partial charge in [0.15, 0.2) is 0 Å². The first-order chi connectivity index (χ1) is 8.56. The molecule has 6 nitrogen and oxygen atoms in total. The van der Waals surface area contributed by atoms with Crippen LogP contribution in [0.15, 0.2) is 39.9 Å². The lowest BCUT2D eigenvalue weighted by Gasteiger charge is -2.06. The van der Waals surface area contributed by atoms with Gasteiger partial charge in [0.25, 0.3) is 11.5 Å². The average Bonchev–Trinajstić information content (AvgIpc) is 2.27. The summed E-state index contributed by atoms with van der Waals surface area (Å²) < 4.78 is 0. The second-order valence-corrected chi connectivity index (χ2v) is 3.77. The average molecular weight is 245 g/mol. The third kappa shape index (κ3) is 2.54. The maximum atomic E-state index is 11.9. The highest BCUT2D eigenvalue weighted by Crippen LogP contribution is 2.08. The quantitative estimate of drug-likeness (QED) is 0.724. The maximum Gasteiger partial charge on any atom is 0.327 e. The van der Waals surface area contributed by atoms with Crippen LogP contribution in [0.5, 0.6) is 0 Å². The molecule has 0 aliphatic carbocycles. The summed E-state index contributed by atoms with van der Waals surface area (Å²) in [5, 5.41) is 2.47. The lowest BCUT2D eigenvalue weighted by Crippen LogP contribution is -2.25. The molecule has 18 heavy (non-hydrogen) atoms. The van der Waals surface area contributed by atoms with Crippen LogP contribution in [0.2, 0.25) is 0 Å². The normalized spacial score (nSPS) is 10.1. The number of carbonyl (C=O) groups is 1. The number of aromatic nitrogens is 2. The number of aryl methyl sites for hydroxylation is 1. The van der Waals surface area contributed by atoms with Gasteiger partial charge in [0, 0.05) is 11.6 Å². The molecule has 1 amide bonds. The summed E-state index contributed by atoms with van der Waals surface area (Å²) in [5.74, 6) is -0.314. The molecule has 0 fully saturated rings. The van der Waals surface area contributed by atoms with Crippen molar-refractivity contribution in [3.05, 3.63) is 62.3 Å². The molecule has 3 N–H and O–H groups in total. The SMILES string of the molecule is Cc1ccccc1C(=O)Nc1cc(=O)[nH]c(=O)[nH]1. The first-order valence-corrected chi connectivity index (χ1v) is 5.27. The molecule has 0 bridgehead atoms.